The quantitative estimate of drug-likeness (QED) is 0.741. The van der Waals surface area contributed by atoms with Gasteiger partial charge in [0.15, 0.2) is 5.13 Å². The number of rotatable bonds is 5. The number of nitrogens with one attached hydrogen (secondary N) is 1. The molecule has 0 atom stereocenters. The fraction of sp³-hybridized carbons (Fsp3) is 0.556. The Morgan fingerprint density at radius 3 is 2.93 bits per heavy atom. The molecule has 0 aliphatic rings. The van der Waals surface area contributed by atoms with Crippen LogP contribution in [-0.2, 0) is 11.2 Å². The molecule has 1 aromatic heterocycles. The summed E-state index contributed by atoms with van der Waals surface area (Å²) in [6, 6.07) is 0. The van der Waals surface area contributed by atoms with Crippen molar-refractivity contribution in [3.05, 3.63) is 11.1 Å². The fourth-order valence-electron chi connectivity index (χ4n) is 1.05. The standard InChI is InChI=1S/C9H16N4OS/c1-13(2)4-3-11-8(14)5-7-6-15-9(10)12-7/h6H,3-5H2,1-2H3,(H2,10,12)(H,11,14). The Labute approximate surface area is 93.3 Å². The third kappa shape index (κ3) is 4.75. The summed E-state index contributed by atoms with van der Waals surface area (Å²) >= 11 is 1.35. The van der Waals surface area contributed by atoms with Crippen LogP contribution in [0.5, 0.6) is 0 Å². The number of hydrogen-bond donors (Lipinski definition) is 2. The Morgan fingerprint density at radius 1 is 1.67 bits per heavy atom. The average molecular weight is 228 g/mol. The third-order valence-corrected chi connectivity index (χ3v) is 2.52. The van der Waals surface area contributed by atoms with Crippen LogP contribution in [0.25, 0.3) is 0 Å². The highest BCUT2D eigenvalue weighted by Crippen LogP contribution is 2.10. The monoisotopic (exact) mass is 228 g/mol. The van der Waals surface area contributed by atoms with Crippen LogP contribution < -0.4 is 11.1 Å². The molecule has 0 radical (unpaired) electrons. The predicted molar refractivity (Wildman–Crippen MR) is 61.8 cm³/mol. The van der Waals surface area contributed by atoms with Crippen molar-refractivity contribution in [2.45, 2.75) is 6.42 Å². The molecule has 0 saturated heterocycles. The van der Waals surface area contributed by atoms with Gasteiger partial charge in [-0.2, -0.15) is 0 Å². The van der Waals surface area contributed by atoms with E-state index in [0.717, 1.165) is 12.2 Å². The highest BCUT2D eigenvalue weighted by Gasteiger charge is 2.05. The lowest BCUT2D eigenvalue weighted by Crippen LogP contribution is -2.32. The summed E-state index contributed by atoms with van der Waals surface area (Å²) in [4.78, 5) is 17.4. The number of amides is 1. The predicted octanol–water partition coefficient (Wildman–Crippen LogP) is -0.0544. The van der Waals surface area contributed by atoms with Gasteiger partial charge in [-0.3, -0.25) is 4.79 Å². The zero-order chi connectivity index (χ0) is 11.3. The number of aromatic nitrogens is 1. The molecule has 0 aliphatic heterocycles. The van der Waals surface area contributed by atoms with Crippen molar-refractivity contribution in [3.63, 3.8) is 0 Å². The van der Waals surface area contributed by atoms with Crippen molar-refractivity contribution in [1.29, 1.82) is 0 Å². The fourth-order valence-corrected chi connectivity index (χ4v) is 1.61. The topological polar surface area (TPSA) is 71.2 Å². The number of nitrogen functional groups attached to an aromatic ring is 1. The Balaban J connectivity index is 2.24. The van der Waals surface area contributed by atoms with Crippen molar-refractivity contribution in [2.24, 2.45) is 0 Å². The minimum Gasteiger partial charge on any atom is -0.375 e. The highest BCUT2D eigenvalue weighted by atomic mass is 32.1. The third-order valence-electron chi connectivity index (χ3n) is 1.79. The van der Waals surface area contributed by atoms with E-state index in [-0.39, 0.29) is 5.91 Å². The van der Waals surface area contributed by atoms with Crippen LogP contribution in [0.1, 0.15) is 5.69 Å². The summed E-state index contributed by atoms with van der Waals surface area (Å²) in [7, 11) is 3.93. The van der Waals surface area contributed by atoms with Gasteiger partial charge in [-0.15, -0.1) is 11.3 Å². The van der Waals surface area contributed by atoms with Crippen LogP contribution in [0.4, 0.5) is 5.13 Å². The average Bonchev–Trinajstić information content (AvgIpc) is 2.50. The molecule has 1 amide bonds. The zero-order valence-electron chi connectivity index (χ0n) is 8.99. The van der Waals surface area contributed by atoms with Gasteiger partial charge in [0.05, 0.1) is 12.1 Å². The maximum Gasteiger partial charge on any atom is 0.226 e. The summed E-state index contributed by atoms with van der Waals surface area (Å²) in [5, 5.41) is 5.13. The number of likely N-dealkylation sites (N-methyl/N-ethyl adjacent to an activating group) is 1. The molecule has 1 heterocycles. The van der Waals surface area contributed by atoms with E-state index in [0.29, 0.717) is 18.1 Å². The van der Waals surface area contributed by atoms with E-state index in [2.05, 4.69) is 10.3 Å². The first kappa shape index (κ1) is 11.9. The minimum absolute atomic E-state index is 0.0119. The second-order valence-corrected chi connectivity index (χ2v) is 4.40. The molecule has 1 rings (SSSR count). The Kier molecular flexibility index (Phi) is 4.51. The van der Waals surface area contributed by atoms with Gasteiger partial charge in [-0.25, -0.2) is 4.98 Å². The minimum atomic E-state index is -0.0119. The van der Waals surface area contributed by atoms with E-state index in [1.54, 1.807) is 5.38 Å². The second-order valence-electron chi connectivity index (χ2n) is 3.51. The first-order chi connectivity index (χ1) is 7.08. The van der Waals surface area contributed by atoms with E-state index in [1.807, 2.05) is 19.0 Å². The lowest BCUT2D eigenvalue weighted by atomic mass is 10.3. The van der Waals surface area contributed by atoms with E-state index < -0.39 is 0 Å². The van der Waals surface area contributed by atoms with Crippen LogP contribution >= 0.6 is 11.3 Å². The van der Waals surface area contributed by atoms with Gasteiger partial charge in [-0.05, 0) is 14.1 Å². The molecular weight excluding hydrogens is 212 g/mol. The van der Waals surface area contributed by atoms with Crippen LogP contribution in [0.3, 0.4) is 0 Å². The maximum absolute atomic E-state index is 11.4. The van der Waals surface area contributed by atoms with Crippen molar-refractivity contribution in [1.82, 2.24) is 15.2 Å². The van der Waals surface area contributed by atoms with Gasteiger partial charge in [0.25, 0.3) is 0 Å². The smallest absolute Gasteiger partial charge is 0.226 e. The first-order valence-corrected chi connectivity index (χ1v) is 5.57. The van der Waals surface area contributed by atoms with Gasteiger partial charge in [-0.1, -0.05) is 0 Å². The van der Waals surface area contributed by atoms with E-state index in [4.69, 9.17) is 5.73 Å². The Morgan fingerprint density at radius 2 is 2.40 bits per heavy atom. The molecule has 0 unspecified atom stereocenters. The molecule has 1 aromatic rings. The molecular formula is C9H16N4OS. The number of hydrogen-bond acceptors (Lipinski definition) is 5. The number of anilines is 1. The zero-order valence-corrected chi connectivity index (χ0v) is 9.80. The van der Waals surface area contributed by atoms with Gasteiger partial charge >= 0.3 is 0 Å². The summed E-state index contributed by atoms with van der Waals surface area (Å²) in [6.45, 7) is 1.50. The highest BCUT2D eigenvalue weighted by molar-refractivity contribution is 7.13. The van der Waals surface area contributed by atoms with E-state index in [9.17, 15) is 4.79 Å². The number of thiazole rings is 1. The lowest BCUT2D eigenvalue weighted by molar-refractivity contribution is -0.120. The molecule has 0 spiro atoms. The van der Waals surface area contributed by atoms with E-state index >= 15 is 0 Å². The SMILES string of the molecule is CN(C)CCNC(=O)Cc1csc(N)n1. The van der Waals surface area contributed by atoms with Crippen molar-refractivity contribution >= 4 is 22.4 Å². The van der Waals surface area contributed by atoms with Crippen LogP contribution in [-0.4, -0.2) is 43.0 Å². The molecule has 15 heavy (non-hydrogen) atoms. The van der Waals surface area contributed by atoms with E-state index in [1.165, 1.54) is 11.3 Å². The molecule has 0 aromatic carbocycles. The molecule has 0 saturated carbocycles. The second kappa shape index (κ2) is 5.67. The van der Waals surface area contributed by atoms with Crippen LogP contribution in [0.2, 0.25) is 0 Å². The Hall–Kier alpha value is -1.14. The number of nitrogens with zero attached hydrogens (tertiary/aromatic N) is 2. The molecule has 84 valence electrons. The van der Waals surface area contributed by atoms with Gasteiger partial charge in [0.2, 0.25) is 5.91 Å². The maximum atomic E-state index is 11.4. The summed E-state index contributed by atoms with van der Waals surface area (Å²) in [5.74, 6) is -0.0119. The molecule has 3 N–H and O–H groups in total. The van der Waals surface area contributed by atoms with Gasteiger partial charge in [0, 0.05) is 18.5 Å². The molecule has 5 nitrogen and oxygen atoms in total. The first-order valence-electron chi connectivity index (χ1n) is 4.69. The van der Waals surface area contributed by atoms with Gasteiger partial charge < -0.3 is 16.0 Å². The van der Waals surface area contributed by atoms with Crippen molar-refractivity contribution in [2.75, 3.05) is 32.9 Å². The van der Waals surface area contributed by atoms with Crippen LogP contribution in [0, 0.1) is 0 Å². The van der Waals surface area contributed by atoms with Crippen molar-refractivity contribution < 1.29 is 4.79 Å². The number of nitrogens with two attached hydrogens (primary N) is 1. The van der Waals surface area contributed by atoms with Crippen molar-refractivity contribution in [3.8, 4) is 0 Å². The summed E-state index contributed by atoms with van der Waals surface area (Å²) in [5.41, 5.74) is 6.20. The molecule has 0 aliphatic carbocycles. The molecule has 0 bridgehead atoms. The number of carbonyl (C=O) groups is 1. The largest absolute Gasteiger partial charge is 0.375 e. The molecule has 0 fully saturated rings. The Bertz CT molecular complexity index is 324. The molecule has 6 heteroatoms. The number of carbonyl (C=O) groups excluding carboxylic acids is 1. The summed E-state index contributed by atoms with van der Waals surface area (Å²) < 4.78 is 0. The normalized spacial score (nSPS) is 10.6. The van der Waals surface area contributed by atoms with Gasteiger partial charge in [0.1, 0.15) is 0 Å². The summed E-state index contributed by atoms with van der Waals surface area (Å²) in [6.07, 6.45) is 0.307. The lowest BCUT2D eigenvalue weighted by Gasteiger charge is -2.09. The van der Waals surface area contributed by atoms with Crippen LogP contribution in [0.15, 0.2) is 5.38 Å².